The number of rotatable bonds is 5. The molecule has 5 nitrogen and oxygen atoms in total. The summed E-state index contributed by atoms with van der Waals surface area (Å²) in [6.07, 6.45) is 0.990. The van der Waals surface area contributed by atoms with Crippen molar-refractivity contribution in [1.29, 1.82) is 0 Å². The summed E-state index contributed by atoms with van der Waals surface area (Å²) in [6, 6.07) is 14.6. The van der Waals surface area contributed by atoms with Crippen LogP contribution in [0.2, 0.25) is 0 Å². The number of benzene rings is 2. The van der Waals surface area contributed by atoms with Crippen LogP contribution in [0.1, 0.15) is 35.5 Å². The zero-order valence-corrected chi connectivity index (χ0v) is 17.5. The van der Waals surface area contributed by atoms with Crippen LogP contribution in [0.25, 0.3) is 10.9 Å². The van der Waals surface area contributed by atoms with Crippen molar-refractivity contribution in [2.24, 2.45) is 0 Å². The van der Waals surface area contributed by atoms with E-state index in [1.807, 2.05) is 19.1 Å². The molecule has 2 aromatic carbocycles. The van der Waals surface area contributed by atoms with Gasteiger partial charge in [-0.05, 0) is 67.8 Å². The molecule has 4 rings (SSSR count). The monoisotopic (exact) mass is 391 g/mol. The molecule has 1 aliphatic rings. The molecule has 1 aromatic heterocycles. The second-order valence-electron chi connectivity index (χ2n) is 7.52. The van der Waals surface area contributed by atoms with E-state index in [4.69, 9.17) is 4.74 Å². The number of hydrogen-bond acceptors (Lipinski definition) is 3. The molecule has 5 heteroatoms. The predicted molar refractivity (Wildman–Crippen MR) is 119 cm³/mol. The lowest BCUT2D eigenvalue weighted by Gasteiger charge is -2.28. The molecular weight excluding hydrogens is 362 g/mol. The molecule has 0 radical (unpaired) electrons. The lowest BCUT2D eigenvalue weighted by Crippen LogP contribution is -2.36. The first-order valence-electron chi connectivity index (χ1n) is 10.5. The minimum atomic E-state index is -0.0577. The van der Waals surface area contributed by atoms with Gasteiger partial charge in [0.15, 0.2) is 0 Å². The first-order valence-corrected chi connectivity index (χ1v) is 10.5. The summed E-state index contributed by atoms with van der Waals surface area (Å²) in [7, 11) is 0. The largest absolute Gasteiger partial charge is 0.378 e. The Kier molecular flexibility index (Phi) is 5.58. The molecule has 2 heterocycles. The van der Waals surface area contributed by atoms with Gasteiger partial charge in [0.1, 0.15) is 5.69 Å². The minimum Gasteiger partial charge on any atom is -0.378 e. The topological polar surface area (TPSA) is 46.5 Å². The lowest BCUT2D eigenvalue weighted by molar-refractivity contribution is 0.101. The molecule has 0 atom stereocenters. The highest BCUT2D eigenvalue weighted by Crippen LogP contribution is 2.28. The van der Waals surface area contributed by atoms with Crippen molar-refractivity contribution < 1.29 is 9.53 Å². The lowest BCUT2D eigenvalue weighted by atomic mass is 10.1. The molecule has 1 aliphatic heterocycles. The van der Waals surface area contributed by atoms with Crippen LogP contribution in [-0.4, -0.2) is 36.8 Å². The molecule has 152 valence electrons. The number of amides is 1. The summed E-state index contributed by atoms with van der Waals surface area (Å²) in [5.74, 6) is -0.0577. The van der Waals surface area contributed by atoms with E-state index in [-0.39, 0.29) is 5.91 Å². The van der Waals surface area contributed by atoms with Gasteiger partial charge in [-0.25, -0.2) is 0 Å². The van der Waals surface area contributed by atoms with Gasteiger partial charge in [0, 0.05) is 41.9 Å². The molecule has 29 heavy (non-hydrogen) atoms. The maximum Gasteiger partial charge on any atom is 0.272 e. The van der Waals surface area contributed by atoms with Gasteiger partial charge in [-0.3, -0.25) is 4.79 Å². The van der Waals surface area contributed by atoms with E-state index in [1.54, 1.807) is 0 Å². The number of aryl methyl sites for hydroxylation is 3. The van der Waals surface area contributed by atoms with Crippen molar-refractivity contribution >= 4 is 28.2 Å². The number of nitrogens with zero attached hydrogens (tertiary/aromatic N) is 2. The van der Waals surface area contributed by atoms with E-state index < -0.39 is 0 Å². The second-order valence-corrected chi connectivity index (χ2v) is 7.52. The Morgan fingerprint density at radius 3 is 2.45 bits per heavy atom. The summed E-state index contributed by atoms with van der Waals surface area (Å²) in [4.78, 5) is 15.5. The molecule has 1 N–H and O–H groups in total. The minimum absolute atomic E-state index is 0.0577. The number of morpholine rings is 1. The van der Waals surface area contributed by atoms with Gasteiger partial charge < -0.3 is 19.5 Å². The van der Waals surface area contributed by atoms with Crippen LogP contribution >= 0.6 is 0 Å². The fourth-order valence-electron chi connectivity index (χ4n) is 4.18. The summed E-state index contributed by atoms with van der Waals surface area (Å²) in [5, 5.41) is 4.26. The summed E-state index contributed by atoms with van der Waals surface area (Å²) >= 11 is 0. The molecule has 0 aliphatic carbocycles. The van der Waals surface area contributed by atoms with Crippen LogP contribution in [0, 0.1) is 6.92 Å². The third kappa shape index (κ3) is 3.75. The first-order chi connectivity index (χ1) is 14.1. The van der Waals surface area contributed by atoms with E-state index >= 15 is 0 Å². The van der Waals surface area contributed by atoms with Crippen molar-refractivity contribution in [3.8, 4) is 0 Å². The van der Waals surface area contributed by atoms with Crippen LogP contribution < -0.4 is 10.2 Å². The van der Waals surface area contributed by atoms with Gasteiger partial charge in [-0.2, -0.15) is 0 Å². The Balaban J connectivity index is 1.59. The van der Waals surface area contributed by atoms with Gasteiger partial charge >= 0.3 is 0 Å². The SMILES string of the molecule is CCc1ccc2c(c1)c(C)c(C(=O)Nc1ccc(N3CCOCC3)cc1)n2CC. The van der Waals surface area contributed by atoms with Gasteiger partial charge in [0.25, 0.3) is 5.91 Å². The van der Waals surface area contributed by atoms with E-state index in [9.17, 15) is 4.79 Å². The van der Waals surface area contributed by atoms with E-state index in [0.29, 0.717) is 0 Å². The number of hydrogen-bond donors (Lipinski definition) is 1. The maximum absolute atomic E-state index is 13.2. The van der Waals surface area contributed by atoms with Crippen LogP contribution in [0.5, 0.6) is 0 Å². The molecule has 0 spiro atoms. The van der Waals surface area contributed by atoms with Crippen molar-refractivity contribution in [2.75, 3.05) is 36.5 Å². The number of ether oxygens (including phenoxy) is 1. The van der Waals surface area contributed by atoms with E-state index in [2.05, 4.69) is 59.0 Å². The Morgan fingerprint density at radius 2 is 1.79 bits per heavy atom. The van der Waals surface area contributed by atoms with Gasteiger partial charge in [0.05, 0.1) is 13.2 Å². The molecule has 1 saturated heterocycles. The average Bonchev–Trinajstić information content (AvgIpc) is 3.06. The number of anilines is 2. The normalized spacial score (nSPS) is 14.4. The van der Waals surface area contributed by atoms with Gasteiger partial charge in [0.2, 0.25) is 0 Å². The van der Waals surface area contributed by atoms with Crippen LogP contribution in [-0.2, 0) is 17.7 Å². The number of carbonyl (C=O) groups is 1. The smallest absolute Gasteiger partial charge is 0.272 e. The molecule has 0 saturated carbocycles. The maximum atomic E-state index is 13.2. The molecule has 3 aromatic rings. The number of fused-ring (bicyclic) bond motifs is 1. The fourth-order valence-corrected chi connectivity index (χ4v) is 4.18. The molecule has 1 amide bonds. The highest BCUT2D eigenvalue weighted by molar-refractivity contribution is 6.08. The Bertz CT molecular complexity index is 1010. The molecule has 0 bridgehead atoms. The van der Waals surface area contributed by atoms with E-state index in [1.165, 1.54) is 10.9 Å². The molecule has 1 fully saturated rings. The third-order valence-electron chi connectivity index (χ3n) is 5.82. The third-order valence-corrected chi connectivity index (χ3v) is 5.82. The number of aromatic nitrogens is 1. The van der Waals surface area contributed by atoms with Crippen molar-refractivity contribution in [3.05, 3.63) is 59.3 Å². The molecule has 0 unspecified atom stereocenters. The van der Waals surface area contributed by atoms with Crippen LogP contribution in [0.4, 0.5) is 11.4 Å². The molecular formula is C24H29N3O2. The van der Waals surface area contributed by atoms with Crippen LogP contribution in [0.15, 0.2) is 42.5 Å². The standard InChI is InChI=1S/C24H29N3O2/c1-4-18-6-11-22-21(16-18)17(3)23(27(22)5-2)24(28)25-19-7-9-20(10-8-19)26-12-14-29-15-13-26/h6-11,16H,4-5,12-15H2,1-3H3,(H,25,28). The predicted octanol–water partition coefficient (Wildman–Crippen LogP) is 4.62. The zero-order chi connectivity index (χ0) is 20.4. The summed E-state index contributed by atoms with van der Waals surface area (Å²) in [6.45, 7) is 10.4. The first kappa shape index (κ1) is 19.5. The average molecular weight is 392 g/mol. The zero-order valence-electron chi connectivity index (χ0n) is 17.5. The number of carbonyl (C=O) groups excluding carboxylic acids is 1. The van der Waals surface area contributed by atoms with Gasteiger partial charge in [-0.15, -0.1) is 0 Å². The van der Waals surface area contributed by atoms with E-state index in [0.717, 1.165) is 67.4 Å². The van der Waals surface area contributed by atoms with Gasteiger partial charge in [-0.1, -0.05) is 13.0 Å². The summed E-state index contributed by atoms with van der Waals surface area (Å²) in [5.41, 5.74) is 6.17. The Morgan fingerprint density at radius 1 is 1.07 bits per heavy atom. The quantitative estimate of drug-likeness (QED) is 0.690. The fraction of sp³-hybridized carbons (Fsp3) is 0.375. The highest BCUT2D eigenvalue weighted by Gasteiger charge is 2.20. The second kappa shape index (κ2) is 8.29. The van der Waals surface area contributed by atoms with Crippen molar-refractivity contribution in [3.63, 3.8) is 0 Å². The number of nitrogens with one attached hydrogen (secondary N) is 1. The van der Waals surface area contributed by atoms with Crippen LogP contribution in [0.3, 0.4) is 0 Å². The summed E-state index contributed by atoms with van der Waals surface area (Å²) < 4.78 is 7.53. The van der Waals surface area contributed by atoms with Crippen molar-refractivity contribution in [1.82, 2.24) is 4.57 Å². The van der Waals surface area contributed by atoms with Crippen molar-refractivity contribution in [2.45, 2.75) is 33.7 Å². The Labute approximate surface area is 172 Å². The highest BCUT2D eigenvalue weighted by atomic mass is 16.5. The Hall–Kier alpha value is -2.79.